The molecule has 0 bridgehead atoms. The summed E-state index contributed by atoms with van der Waals surface area (Å²) in [5, 5.41) is 13.6. The Bertz CT molecular complexity index is 338. The monoisotopic (exact) mass is 192 g/mol. The fraction of sp³-hybridized carbons (Fsp3) is 0. The molecule has 0 aliphatic rings. The van der Waals surface area contributed by atoms with Crippen molar-refractivity contribution in [2.24, 2.45) is 0 Å². The van der Waals surface area contributed by atoms with Crippen LogP contribution >= 0.6 is 12.2 Å². The summed E-state index contributed by atoms with van der Waals surface area (Å²) in [6, 6.07) is 7.05. The van der Waals surface area contributed by atoms with E-state index in [2.05, 4.69) is 10.6 Å². The molecule has 0 atom stereocenters. The second-order valence-corrected chi connectivity index (χ2v) is 2.72. The highest BCUT2D eigenvalue weighted by Gasteiger charge is 1.94. The average molecular weight is 192 g/mol. The van der Waals surface area contributed by atoms with E-state index in [1.54, 1.807) is 30.5 Å². The molecule has 0 aliphatic carbocycles. The molecule has 13 heavy (non-hydrogen) atoms. The molecule has 0 unspecified atom stereocenters. The third-order valence-electron chi connectivity index (χ3n) is 1.34. The summed E-state index contributed by atoms with van der Waals surface area (Å²) in [6.45, 7) is 0. The van der Waals surface area contributed by atoms with Crippen molar-refractivity contribution < 1.29 is 0 Å². The van der Waals surface area contributed by atoms with E-state index in [1.165, 1.54) is 0 Å². The quantitative estimate of drug-likeness (QED) is 0.268. The molecule has 1 rings (SSSR count). The van der Waals surface area contributed by atoms with E-state index in [-0.39, 0.29) is 5.11 Å². The van der Waals surface area contributed by atoms with Crippen LogP contribution in [0.2, 0.25) is 0 Å². The number of nitriles is 1. The summed E-state index contributed by atoms with van der Waals surface area (Å²) in [5.41, 5.74) is 6.97. The molecule has 0 heterocycles. The molecule has 0 radical (unpaired) electrons. The molecule has 0 aliphatic heterocycles. The van der Waals surface area contributed by atoms with Crippen LogP contribution in [0.5, 0.6) is 0 Å². The van der Waals surface area contributed by atoms with Crippen molar-refractivity contribution in [3.8, 4) is 6.19 Å². The van der Waals surface area contributed by atoms with Gasteiger partial charge < -0.3 is 11.1 Å². The smallest absolute Gasteiger partial charge is 0.184 e. The predicted octanol–water partition coefficient (Wildman–Crippen LogP) is 1.04. The van der Waals surface area contributed by atoms with E-state index in [9.17, 15) is 0 Å². The van der Waals surface area contributed by atoms with Gasteiger partial charge in [-0.2, -0.15) is 5.26 Å². The minimum atomic E-state index is 0.271. The lowest BCUT2D eigenvalue weighted by molar-refractivity contribution is 1.28. The van der Waals surface area contributed by atoms with Crippen LogP contribution in [0.25, 0.3) is 0 Å². The topological polar surface area (TPSA) is 73.9 Å². The molecule has 66 valence electrons. The van der Waals surface area contributed by atoms with Gasteiger partial charge in [0.15, 0.2) is 11.3 Å². The summed E-state index contributed by atoms with van der Waals surface area (Å²) < 4.78 is 0. The van der Waals surface area contributed by atoms with E-state index in [0.29, 0.717) is 5.69 Å². The highest BCUT2D eigenvalue weighted by Crippen LogP contribution is 2.09. The number of benzene rings is 1. The lowest BCUT2D eigenvalue weighted by Crippen LogP contribution is -2.23. The van der Waals surface area contributed by atoms with E-state index < -0.39 is 0 Å². The maximum absolute atomic E-state index is 8.25. The van der Waals surface area contributed by atoms with Crippen LogP contribution in [0, 0.1) is 11.5 Å². The number of nitrogens with two attached hydrogens (primary N) is 1. The number of nitrogen functional groups attached to an aromatic ring is 1. The maximum atomic E-state index is 8.25. The molecular weight excluding hydrogens is 184 g/mol. The maximum Gasteiger partial charge on any atom is 0.184 e. The van der Waals surface area contributed by atoms with E-state index in [1.807, 2.05) is 0 Å². The summed E-state index contributed by atoms with van der Waals surface area (Å²) in [6.07, 6.45) is 1.72. The lowest BCUT2D eigenvalue weighted by atomic mass is 10.3. The second-order valence-electron chi connectivity index (χ2n) is 2.31. The Kier molecular flexibility index (Phi) is 3.06. The molecule has 0 saturated carbocycles. The summed E-state index contributed by atoms with van der Waals surface area (Å²) in [4.78, 5) is 0. The van der Waals surface area contributed by atoms with Crippen LogP contribution in [-0.4, -0.2) is 5.11 Å². The first-order valence-electron chi connectivity index (χ1n) is 3.54. The van der Waals surface area contributed by atoms with Gasteiger partial charge >= 0.3 is 0 Å². The first-order chi connectivity index (χ1) is 6.22. The fourth-order valence-corrected chi connectivity index (χ4v) is 0.943. The van der Waals surface area contributed by atoms with E-state index in [4.69, 9.17) is 23.2 Å². The van der Waals surface area contributed by atoms with Crippen LogP contribution in [-0.2, 0) is 0 Å². The van der Waals surface area contributed by atoms with Crippen molar-refractivity contribution >= 4 is 28.7 Å². The molecule has 4 nitrogen and oxygen atoms in total. The number of hydrogen-bond donors (Lipinski definition) is 3. The average Bonchev–Trinajstić information content (AvgIpc) is 2.09. The standard InChI is InChI=1S/C8H8N4S/c9-5-11-8(13)12-7-3-1-6(10)2-4-7/h1-4H,10H2,(H2,11,12,13). The molecule has 4 N–H and O–H groups in total. The minimum Gasteiger partial charge on any atom is -0.399 e. The number of thiocarbonyl (C=S) groups is 1. The molecule has 1 aromatic rings. The van der Waals surface area contributed by atoms with Crippen LogP contribution in [0.1, 0.15) is 0 Å². The predicted molar refractivity (Wildman–Crippen MR) is 55.8 cm³/mol. The van der Waals surface area contributed by atoms with Crippen molar-refractivity contribution in [3.05, 3.63) is 24.3 Å². The van der Waals surface area contributed by atoms with Gasteiger partial charge in [0, 0.05) is 11.4 Å². The van der Waals surface area contributed by atoms with E-state index >= 15 is 0 Å². The number of nitrogens with one attached hydrogen (secondary N) is 2. The zero-order chi connectivity index (χ0) is 9.68. The zero-order valence-corrected chi connectivity index (χ0v) is 7.56. The van der Waals surface area contributed by atoms with Gasteiger partial charge in [0.2, 0.25) is 0 Å². The van der Waals surface area contributed by atoms with Crippen LogP contribution < -0.4 is 16.4 Å². The Labute approximate surface area is 81.4 Å². The van der Waals surface area contributed by atoms with Gasteiger partial charge in [-0.3, -0.25) is 5.32 Å². The normalized spacial score (nSPS) is 8.54. The molecular formula is C8H8N4S. The molecule has 1 aromatic carbocycles. The largest absolute Gasteiger partial charge is 0.399 e. The molecule has 0 spiro atoms. The van der Waals surface area contributed by atoms with Crippen molar-refractivity contribution in [1.82, 2.24) is 5.32 Å². The first-order valence-corrected chi connectivity index (χ1v) is 3.95. The second kappa shape index (κ2) is 4.28. The third-order valence-corrected chi connectivity index (χ3v) is 1.54. The number of hydrogen-bond acceptors (Lipinski definition) is 3. The number of rotatable bonds is 1. The fourth-order valence-electron chi connectivity index (χ4n) is 0.780. The Morgan fingerprint density at radius 3 is 2.54 bits per heavy atom. The Balaban J connectivity index is 2.60. The molecule has 0 saturated heterocycles. The lowest BCUT2D eigenvalue weighted by Gasteiger charge is -2.04. The van der Waals surface area contributed by atoms with Gasteiger partial charge in [-0.1, -0.05) is 0 Å². The highest BCUT2D eigenvalue weighted by atomic mass is 32.1. The van der Waals surface area contributed by atoms with E-state index in [0.717, 1.165) is 5.69 Å². The SMILES string of the molecule is N#CNC(=S)Nc1ccc(N)cc1. The van der Waals surface area contributed by atoms with Crippen LogP contribution in [0.4, 0.5) is 11.4 Å². The summed E-state index contributed by atoms with van der Waals surface area (Å²) >= 11 is 4.79. The Morgan fingerprint density at radius 2 is 2.00 bits per heavy atom. The third kappa shape index (κ3) is 2.97. The summed E-state index contributed by atoms with van der Waals surface area (Å²) in [5.74, 6) is 0. The first kappa shape index (κ1) is 9.29. The number of anilines is 2. The molecule has 0 aromatic heterocycles. The highest BCUT2D eigenvalue weighted by molar-refractivity contribution is 7.80. The van der Waals surface area contributed by atoms with Crippen molar-refractivity contribution in [2.75, 3.05) is 11.1 Å². The Hall–Kier alpha value is -1.80. The van der Waals surface area contributed by atoms with Crippen LogP contribution in [0.3, 0.4) is 0 Å². The molecule has 5 heteroatoms. The van der Waals surface area contributed by atoms with Crippen LogP contribution in [0.15, 0.2) is 24.3 Å². The minimum absolute atomic E-state index is 0.271. The van der Waals surface area contributed by atoms with Gasteiger partial charge in [0.1, 0.15) is 0 Å². The Morgan fingerprint density at radius 1 is 1.38 bits per heavy atom. The molecule has 0 fully saturated rings. The molecule has 0 amide bonds. The number of nitrogens with zero attached hydrogens (tertiary/aromatic N) is 1. The van der Waals surface area contributed by atoms with Gasteiger partial charge in [0.05, 0.1) is 0 Å². The van der Waals surface area contributed by atoms with Gasteiger partial charge in [-0.25, -0.2) is 0 Å². The van der Waals surface area contributed by atoms with Gasteiger partial charge in [-0.05, 0) is 36.5 Å². The van der Waals surface area contributed by atoms with Crippen molar-refractivity contribution in [2.45, 2.75) is 0 Å². The zero-order valence-electron chi connectivity index (χ0n) is 6.74. The van der Waals surface area contributed by atoms with Gasteiger partial charge in [0.25, 0.3) is 0 Å². The van der Waals surface area contributed by atoms with Crippen molar-refractivity contribution in [1.29, 1.82) is 5.26 Å². The van der Waals surface area contributed by atoms with Gasteiger partial charge in [-0.15, -0.1) is 0 Å². The summed E-state index contributed by atoms with van der Waals surface area (Å²) in [7, 11) is 0. The van der Waals surface area contributed by atoms with Crippen molar-refractivity contribution in [3.63, 3.8) is 0 Å².